The second-order valence-corrected chi connectivity index (χ2v) is 7.32. The fourth-order valence-electron chi connectivity index (χ4n) is 2.90. The molecule has 1 fully saturated rings. The number of likely N-dealkylation sites (tertiary alicyclic amines) is 1. The van der Waals surface area contributed by atoms with Gasteiger partial charge in [-0.25, -0.2) is 0 Å². The van der Waals surface area contributed by atoms with Crippen LogP contribution in [0.15, 0.2) is 30.3 Å². The number of carbonyl (C=O) groups excluding carboxylic acids is 3. The summed E-state index contributed by atoms with van der Waals surface area (Å²) in [5.74, 6) is -0.530. The molecule has 6 nitrogen and oxygen atoms in total. The molecule has 1 aliphatic rings. The molecule has 0 radical (unpaired) electrons. The van der Waals surface area contributed by atoms with Crippen molar-refractivity contribution in [2.75, 3.05) is 6.54 Å². The Labute approximate surface area is 183 Å². The molecule has 0 saturated carbocycles. The van der Waals surface area contributed by atoms with E-state index in [2.05, 4.69) is 5.32 Å². The monoisotopic (exact) mass is 451 g/mol. The molecule has 3 unspecified atom stereocenters. The van der Waals surface area contributed by atoms with Gasteiger partial charge in [0.25, 0.3) is 5.24 Å². The summed E-state index contributed by atoms with van der Waals surface area (Å²) in [6, 6.07) is 8.22. The van der Waals surface area contributed by atoms with Crippen LogP contribution in [0.25, 0.3) is 5.73 Å². The van der Waals surface area contributed by atoms with E-state index in [1.54, 1.807) is 6.92 Å². The molecule has 1 aliphatic heterocycles. The zero-order chi connectivity index (χ0) is 18.4. The maximum Gasteiger partial charge on any atom is 3.00 e. The number of nitrogens with zero attached hydrogens (tertiary/aromatic N) is 1. The zero-order valence-corrected chi connectivity index (χ0v) is 18.8. The Balaban J connectivity index is 0.00000338. The Hall–Kier alpha value is -0.916. The van der Waals surface area contributed by atoms with Gasteiger partial charge in [-0.1, -0.05) is 49.0 Å². The molecule has 0 spiro atoms. The molecule has 8 heteroatoms. The number of carbonyl (C=O) groups is 3. The smallest absolute Gasteiger partial charge is 0.666 e. The van der Waals surface area contributed by atoms with Gasteiger partial charge in [-0.05, 0) is 31.2 Å². The summed E-state index contributed by atoms with van der Waals surface area (Å²) in [7, 11) is 0. The van der Waals surface area contributed by atoms with Crippen LogP contribution < -0.4 is 5.32 Å². The molecule has 0 aromatic heterocycles. The summed E-state index contributed by atoms with van der Waals surface area (Å²) in [6.45, 7) is 3.94. The molecule has 0 bridgehead atoms. The van der Waals surface area contributed by atoms with Crippen LogP contribution in [0.3, 0.4) is 0 Å². The Morgan fingerprint density at radius 1 is 1.35 bits per heavy atom. The Morgan fingerprint density at radius 2 is 2.00 bits per heavy atom. The van der Waals surface area contributed by atoms with E-state index in [1.807, 2.05) is 37.3 Å². The van der Waals surface area contributed by atoms with Gasteiger partial charge in [-0.3, -0.25) is 9.59 Å². The first-order valence-electron chi connectivity index (χ1n) is 8.43. The third-order valence-corrected chi connectivity index (χ3v) is 5.37. The van der Waals surface area contributed by atoms with Crippen molar-refractivity contribution < 1.29 is 47.1 Å². The fourth-order valence-corrected chi connectivity index (χ4v) is 3.60. The van der Waals surface area contributed by atoms with Gasteiger partial charge in [0.1, 0.15) is 6.04 Å². The average molecular weight is 451 g/mol. The minimum absolute atomic E-state index is 0. The summed E-state index contributed by atoms with van der Waals surface area (Å²) in [6.07, 6.45) is 1.55. The van der Waals surface area contributed by atoms with Crippen LogP contribution in [0.5, 0.6) is 0 Å². The van der Waals surface area contributed by atoms with E-state index in [-0.39, 0.29) is 49.8 Å². The van der Waals surface area contributed by atoms with Crippen molar-refractivity contribution in [3.05, 3.63) is 41.6 Å². The van der Waals surface area contributed by atoms with Crippen LogP contribution >= 0.6 is 11.8 Å². The number of amides is 3. The number of hydrogen-bond donors (Lipinski definition) is 1. The van der Waals surface area contributed by atoms with Crippen LogP contribution in [0.1, 0.15) is 32.3 Å². The Bertz CT molecular complexity index is 629. The number of nitrogens with one attached hydrogen (secondary N) is 2. The van der Waals surface area contributed by atoms with E-state index in [4.69, 9.17) is 5.73 Å². The quantitative estimate of drug-likeness (QED) is 0.745. The molecule has 1 saturated heterocycles. The standard InChI is InChI=1S/C18H25N3O3S.Y/c1-12-7-6-10-21(13(2)16(19)22)17(23)15(12)20-18(24)25-11-14-8-4-3-5-9-14;/h3-5,8-9,12-13,15H,6-7,10-11H2,1-2H3,(H3,19,20,22,24);/q;+3/p-1. The first-order valence-corrected chi connectivity index (χ1v) is 9.42. The molecule has 1 heterocycles. The summed E-state index contributed by atoms with van der Waals surface area (Å²) >= 11 is 1.13. The van der Waals surface area contributed by atoms with Crippen LogP contribution in [-0.4, -0.2) is 40.6 Å². The second kappa shape index (κ2) is 11.0. The third kappa shape index (κ3) is 6.36. The summed E-state index contributed by atoms with van der Waals surface area (Å²) in [4.78, 5) is 37.8. The van der Waals surface area contributed by atoms with Gasteiger partial charge in [0.2, 0.25) is 5.91 Å². The summed E-state index contributed by atoms with van der Waals surface area (Å²) in [5, 5.41) is 2.56. The van der Waals surface area contributed by atoms with Crippen molar-refractivity contribution in [2.45, 2.75) is 44.5 Å². The predicted molar refractivity (Wildman–Crippen MR) is 99.0 cm³/mol. The van der Waals surface area contributed by atoms with E-state index in [1.165, 1.54) is 4.90 Å². The molecule has 2 N–H and O–H groups in total. The number of rotatable bonds is 5. The average Bonchev–Trinajstić information content (AvgIpc) is 2.73. The van der Waals surface area contributed by atoms with Gasteiger partial charge >= 0.3 is 32.7 Å². The first kappa shape index (κ1) is 23.1. The summed E-state index contributed by atoms with van der Waals surface area (Å²) < 4.78 is 0. The number of hydrogen-bond acceptors (Lipinski definition) is 4. The molecule has 2 rings (SSSR count). The second-order valence-electron chi connectivity index (χ2n) is 6.38. The van der Waals surface area contributed by atoms with Crippen LogP contribution in [-0.2, 0) is 48.1 Å². The molecule has 136 valence electrons. The fraction of sp³-hybridized carbons (Fsp3) is 0.500. The number of thioether (sulfide) groups is 1. The van der Waals surface area contributed by atoms with Crippen molar-refractivity contribution in [2.24, 2.45) is 5.92 Å². The number of benzene rings is 1. The van der Waals surface area contributed by atoms with Crippen molar-refractivity contribution in [1.82, 2.24) is 10.2 Å². The zero-order valence-electron chi connectivity index (χ0n) is 15.1. The van der Waals surface area contributed by atoms with Crippen molar-refractivity contribution >= 4 is 28.8 Å². The summed E-state index contributed by atoms with van der Waals surface area (Å²) in [5.41, 5.74) is 8.32. The minimum atomic E-state index is -0.786. The van der Waals surface area contributed by atoms with Gasteiger partial charge < -0.3 is 20.7 Å². The van der Waals surface area contributed by atoms with Crippen molar-refractivity contribution in [1.29, 1.82) is 0 Å². The minimum Gasteiger partial charge on any atom is -0.666 e. The largest absolute Gasteiger partial charge is 3.00 e. The topological polar surface area (TPSA) is 90.3 Å². The molecule has 1 aromatic carbocycles. The maximum absolute atomic E-state index is 12.8. The van der Waals surface area contributed by atoms with Gasteiger partial charge in [-0.2, -0.15) is 0 Å². The van der Waals surface area contributed by atoms with Gasteiger partial charge in [-0.15, -0.1) is 0 Å². The molecule has 3 amide bonds. The SMILES string of the molecule is CC1CCCN(C(C)C([NH-])=O)C(=O)C1NC(=O)SCc1ccccc1.[Y+3]. The van der Waals surface area contributed by atoms with Gasteiger partial charge in [0.15, 0.2) is 0 Å². The van der Waals surface area contributed by atoms with E-state index in [9.17, 15) is 14.4 Å². The normalized spacial score (nSPS) is 21.3. The molecule has 1 aromatic rings. The maximum atomic E-state index is 12.8. The molecular formula is C18H24N3O3SY+2. The Morgan fingerprint density at radius 3 is 2.62 bits per heavy atom. The van der Waals surface area contributed by atoms with Gasteiger partial charge in [0.05, 0.1) is 11.9 Å². The first-order chi connectivity index (χ1) is 11.9. The molecular weight excluding hydrogens is 427 g/mol. The van der Waals surface area contributed by atoms with E-state index >= 15 is 0 Å². The van der Waals surface area contributed by atoms with Crippen LogP contribution in [0.4, 0.5) is 4.79 Å². The van der Waals surface area contributed by atoms with E-state index in [0.29, 0.717) is 12.3 Å². The van der Waals surface area contributed by atoms with Crippen LogP contribution in [0, 0.1) is 5.92 Å². The van der Waals surface area contributed by atoms with Crippen LogP contribution in [0.2, 0.25) is 0 Å². The van der Waals surface area contributed by atoms with E-state index < -0.39 is 18.0 Å². The van der Waals surface area contributed by atoms with E-state index in [0.717, 1.165) is 30.2 Å². The molecule has 26 heavy (non-hydrogen) atoms. The Kier molecular flexibility index (Phi) is 9.82. The van der Waals surface area contributed by atoms with Crippen molar-refractivity contribution in [3.8, 4) is 0 Å². The predicted octanol–water partition coefficient (Wildman–Crippen LogP) is 3.22. The third-order valence-electron chi connectivity index (χ3n) is 4.51. The van der Waals surface area contributed by atoms with Crippen molar-refractivity contribution in [3.63, 3.8) is 0 Å². The van der Waals surface area contributed by atoms with Gasteiger partial charge in [0, 0.05) is 12.3 Å². The molecule has 0 aliphatic carbocycles. The molecule has 3 atom stereocenters.